The normalized spacial score (nSPS) is 12.1. The number of amides is 1. The van der Waals surface area contributed by atoms with Crippen LogP contribution in [-0.2, 0) is 6.54 Å². The van der Waals surface area contributed by atoms with Crippen LogP contribution < -0.4 is 5.48 Å². The molecular weight excluding hydrogens is 244 g/mol. The zero-order valence-electron chi connectivity index (χ0n) is 10.7. The number of hydrogen-bond acceptors (Lipinski definition) is 4. The number of hydrogen-bond donors (Lipinski definition) is 2. The predicted octanol–water partition coefficient (Wildman–Crippen LogP) is 1.59. The molecule has 1 unspecified atom stereocenters. The van der Waals surface area contributed by atoms with Crippen LogP contribution in [0.15, 0.2) is 36.9 Å². The third-order valence-corrected chi connectivity index (χ3v) is 3.11. The second-order valence-corrected chi connectivity index (χ2v) is 4.25. The summed E-state index contributed by atoms with van der Waals surface area (Å²) in [5, 5.41) is 12.9. The molecule has 0 aliphatic rings. The Balaban J connectivity index is 2.30. The molecule has 2 rings (SSSR count). The van der Waals surface area contributed by atoms with E-state index < -0.39 is 5.91 Å². The van der Waals surface area contributed by atoms with E-state index in [1.54, 1.807) is 28.6 Å². The number of carbonyl (C=O) groups excluding carboxylic acids is 1. The van der Waals surface area contributed by atoms with Gasteiger partial charge in [0, 0.05) is 18.0 Å². The van der Waals surface area contributed by atoms with E-state index in [1.807, 2.05) is 12.1 Å². The number of aromatic nitrogens is 3. The lowest BCUT2D eigenvalue weighted by atomic mass is 9.91. The van der Waals surface area contributed by atoms with Crippen LogP contribution in [0.4, 0.5) is 0 Å². The van der Waals surface area contributed by atoms with Crippen LogP contribution in [-0.4, -0.2) is 25.9 Å². The smallest absolute Gasteiger partial charge is 0.274 e. The van der Waals surface area contributed by atoms with Crippen LogP contribution in [0.5, 0.6) is 0 Å². The molecule has 2 aromatic rings. The zero-order valence-corrected chi connectivity index (χ0v) is 10.7. The lowest BCUT2D eigenvalue weighted by Gasteiger charge is -2.18. The molecule has 0 fully saturated rings. The number of hydroxylamine groups is 1. The molecule has 0 radical (unpaired) electrons. The van der Waals surface area contributed by atoms with Crippen LogP contribution >= 0.6 is 0 Å². The van der Waals surface area contributed by atoms with Gasteiger partial charge in [0.05, 0.1) is 0 Å². The van der Waals surface area contributed by atoms with Crippen LogP contribution in [0.2, 0.25) is 0 Å². The van der Waals surface area contributed by atoms with Crippen molar-refractivity contribution >= 4 is 5.91 Å². The molecule has 100 valence electrons. The largest absolute Gasteiger partial charge is 0.288 e. The Bertz CT molecular complexity index is 539. The van der Waals surface area contributed by atoms with E-state index >= 15 is 0 Å². The maximum absolute atomic E-state index is 11.7. The van der Waals surface area contributed by atoms with E-state index in [2.05, 4.69) is 17.0 Å². The molecule has 19 heavy (non-hydrogen) atoms. The van der Waals surface area contributed by atoms with E-state index in [9.17, 15) is 4.79 Å². The molecule has 0 saturated heterocycles. The number of nitrogens with one attached hydrogen (secondary N) is 1. The first-order valence-corrected chi connectivity index (χ1v) is 6.12. The third kappa shape index (κ3) is 2.97. The minimum absolute atomic E-state index is 0.134. The SMILES string of the molecule is CCC(Cn1cncn1)c1ccccc1C(=O)NO. The van der Waals surface area contributed by atoms with Crippen molar-refractivity contribution in [2.24, 2.45) is 0 Å². The molecule has 1 amide bonds. The molecule has 1 aromatic heterocycles. The summed E-state index contributed by atoms with van der Waals surface area (Å²) in [5.74, 6) is -0.358. The van der Waals surface area contributed by atoms with Gasteiger partial charge in [0.25, 0.3) is 5.91 Å². The second kappa shape index (κ2) is 6.10. The van der Waals surface area contributed by atoms with Crippen molar-refractivity contribution in [3.05, 3.63) is 48.0 Å². The Hall–Kier alpha value is -2.21. The highest BCUT2D eigenvalue weighted by atomic mass is 16.5. The van der Waals surface area contributed by atoms with Gasteiger partial charge in [0.1, 0.15) is 12.7 Å². The van der Waals surface area contributed by atoms with Gasteiger partial charge in [0.2, 0.25) is 0 Å². The number of benzene rings is 1. The van der Waals surface area contributed by atoms with Crippen LogP contribution in [0.3, 0.4) is 0 Å². The highest BCUT2D eigenvalue weighted by molar-refractivity contribution is 5.95. The molecule has 1 heterocycles. The Morgan fingerprint density at radius 2 is 2.26 bits per heavy atom. The van der Waals surface area contributed by atoms with Gasteiger partial charge >= 0.3 is 0 Å². The zero-order chi connectivity index (χ0) is 13.7. The monoisotopic (exact) mass is 260 g/mol. The summed E-state index contributed by atoms with van der Waals surface area (Å²) in [6.45, 7) is 2.70. The summed E-state index contributed by atoms with van der Waals surface area (Å²) in [6.07, 6.45) is 3.99. The van der Waals surface area contributed by atoms with Gasteiger partial charge in [-0.1, -0.05) is 25.1 Å². The summed E-state index contributed by atoms with van der Waals surface area (Å²) < 4.78 is 1.74. The molecule has 0 aliphatic heterocycles. The summed E-state index contributed by atoms with van der Waals surface area (Å²) >= 11 is 0. The quantitative estimate of drug-likeness (QED) is 0.632. The number of nitrogens with zero attached hydrogens (tertiary/aromatic N) is 3. The van der Waals surface area contributed by atoms with Crippen molar-refractivity contribution < 1.29 is 10.0 Å². The molecule has 6 heteroatoms. The molecule has 0 bridgehead atoms. The van der Waals surface area contributed by atoms with Crippen molar-refractivity contribution in [2.75, 3.05) is 0 Å². The Morgan fingerprint density at radius 1 is 1.47 bits per heavy atom. The predicted molar refractivity (Wildman–Crippen MR) is 68.7 cm³/mol. The van der Waals surface area contributed by atoms with Gasteiger partial charge in [-0.2, -0.15) is 5.10 Å². The van der Waals surface area contributed by atoms with E-state index in [0.717, 1.165) is 12.0 Å². The molecule has 1 aromatic carbocycles. The summed E-state index contributed by atoms with van der Waals surface area (Å²) in [6, 6.07) is 7.25. The summed E-state index contributed by atoms with van der Waals surface area (Å²) in [4.78, 5) is 15.6. The van der Waals surface area contributed by atoms with Gasteiger partial charge < -0.3 is 0 Å². The van der Waals surface area contributed by atoms with Crippen molar-refractivity contribution in [3.8, 4) is 0 Å². The van der Waals surface area contributed by atoms with Crippen molar-refractivity contribution in [2.45, 2.75) is 25.8 Å². The first-order chi connectivity index (χ1) is 9.26. The van der Waals surface area contributed by atoms with Crippen molar-refractivity contribution in [3.63, 3.8) is 0 Å². The van der Waals surface area contributed by atoms with Crippen LogP contribution in [0.25, 0.3) is 0 Å². The van der Waals surface area contributed by atoms with Gasteiger partial charge in [-0.25, -0.2) is 10.5 Å². The van der Waals surface area contributed by atoms with Crippen molar-refractivity contribution in [1.82, 2.24) is 20.2 Å². The molecule has 0 aliphatic carbocycles. The van der Waals surface area contributed by atoms with Crippen LogP contribution in [0, 0.1) is 0 Å². The topological polar surface area (TPSA) is 80.0 Å². The number of rotatable bonds is 5. The first kappa shape index (κ1) is 13.2. The lowest BCUT2D eigenvalue weighted by molar-refractivity contribution is 0.0704. The Kier molecular flexibility index (Phi) is 4.25. The Labute approximate surface area is 111 Å². The van der Waals surface area contributed by atoms with Crippen LogP contribution in [0.1, 0.15) is 35.2 Å². The average molecular weight is 260 g/mol. The van der Waals surface area contributed by atoms with E-state index in [4.69, 9.17) is 5.21 Å². The van der Waals surface area contributed by atoms with E-state index in [1.165, 1.54) is 6.33 Å². The summed E-state index contributed by atoms with van der Waals surface area (Å²) in [7, 11) is 0. The fraction of sp³-hybridized carbons (Fsp3) is 0.308. The maximum atomic E-state index is 11.7. The Morgan fingerprint density at radius 3 is 2.89 bits per heavy atom. The fourth-order valence-corrected chi connectivity index (χ4v) is 2.12. The average Bonchev–Trinajstić information content (AvgIpc) is 2.97. The van der Waals surface area contributed by atoms with Gasteiger partial charge in [-0.05, 0) is 18.1 Å². The standard InChI is InChI=1S/C13H16N4O2/c1-2-10(7-17-9-14-8-15-17)11-5-3-4-6-12(11)13(18)16-19/h3-6,8-10,19H,2,7H2,1H3,(H,16,18). The minimum Gasteiger partial charge on any atom is -0.288 e. The molecule has 0 saturated carbocycles. The van der Waals surface area contributed by atoms with E-state index in [-0.39, 0.29) is 5.92 Å². The maximum Gasteiger partial charge on any atom is 0.274 e. The first-order valence-electron chi connectivity index (χ1n) is 6.12. The lowest BCUT2D eigenvalue weighted by Crippen LogP contribution is -2.22. The minimum atomic E-state index is -0.493. The fourth-order valence-electron chi connectivity index (χ4n) is 2.12. The molecule has 1 atom stereocenters. The van der Waals surface area contributed by atoms with E-state index in [0.29, 0.717) is 12.1 Å². The number of carbonyl (C=O) groups is 1. The molecule has 0 spiro atoms. The second-order valence-electron chi connectivity index (χ2n) is 4.25. The molecule has 2 N–H and O–H groups in total. The highest BCUT2D eigenvalue weighted by Gasteiger charge is 2.18. The molecular formula is C13H16N4O2. The van der Waals surface area contributed by atoms with Gasteiger partial charge in [-0.3, -0.25) is 14.7 Å². The van der Waals surface area contributed by atoms with Gasteiger partial charge in [0.15, 0.2) is 0 Å². The van der Waals surface area contributed by atoms with Gasteiger partial charge in [-0.15, -0.1) is 0 Å². The van der Waals surface area contributed by atoms with Crippen molar-refractivity contribution in [1.29, 1.82) is 0 Å². The molecule has 6 nitrogen and oxygen atoms in total. The third-order valence-electron chi connectivity index (χ3n) is 3.11. The highest BCUT2D eigenvalue weighted by Crippen LogP contribution is 2.24. The summed E-state index contributed by atoms with van der Waals surface area (Å²) in [5.41, 5.74) is 3.06.